The molecular weight excluding hydrogens is 528 g/mol. The van der Waals surface area contributed by atoms with E-state index in [4.69, 9.17) is 0 Å². The Morgan fingerprint density at radius 2 is 1.16 bits per heavy atom. The zero-order valence-corrected chi connectivity index (χ0v) is 28.0. The van der Waals surface area contributed by atoms with E-state index in [2.05, 4.69) is 84.1 Å². The molecular formula is C40H52O3. The van der Waals surface area contributed by atoms with Crippen molar-refractivity contribution in [2.45, 2.75) is 87.7 Å². The first-order valence-corrected chi connectivity index (χ1v) is 15.2. The normalized spacial score (nSPS) is 26.1. The van der Waals surface area contributed by atoms with Crippen LogP contribution in [0.5, 0.6) is 0 Å². The quantitative estimate of drug-likeness (QED) is 0.262. The summed E-state index contributed by atoms with van der Waals surface area (Å²) < 4.78 is 0. The molecule has 0 spiro atoms. The van der Waals surface area contributed by atoms with Gasteiger partial charge in [-0.25, -0.2) is 0 Å². The van der Waals surface area contributed by atoms with Gasteiger partial charge >= 0.3 is 0 Å². The lowest BCUT2D eigenvalue weighted by molar-refractivity contribution is -0.121. The maximum Gasteiger partial charge on any atom is 0.156 e. The number of carbonyl (C=O) groups excluding carboxylic acids is 2. The second kappa shape index (κ2) is 15.3. The van der Waals surface area contributed by atoms with Crippen LogP contribution in [0.2, 0.25) is 0 Å². The Morgan fingerprint density at radius 1 is 0.698 bits per heavy atom. The summed E-state index contributed by atoms with van der Waals surface area (Å²) >= 11 is 0. The molecule has 0 aliphatic heterocycles. The summed E-state index contributed by atoms with van der Waals surface area (Å²) in [4.78, 5) is 23.9. The smallest absolute Gasteiger partial charge is 0.156 e. The first-order chi connectivity index (χ1) is 20.0. The van der Waals surface area contributed by atoms with Crippen LogP contribution in [0.15, 0.2) is 131 Å². The minimum Gasteiger partial charge on any atom is -0.381 e. The highest BCUT2D eigenvalue weighted by atomic mass is 16.3. The third-order valence-corrected chi connectivity index (χ3v) is 8.38. The Hall–Kier alpha value is -3.56. The van der Waals surface area contributed by atoms with Gasteiger partial charge in [0.2, 0.25) is 0 Å². The van der Waals surface area contributed by atoms with E-state index in [-0.39, 0.29) is 22.9 Å². The predicted octanol–water partition coefficient (Wildman–Crippen LogP) is 9.79. The molecule has 0 aromatic carbocycles. The Kier molecular flexibility index (Phi) is 12.6. The fourth-order valence-corrected chi connectivity index (χ4v) is 5.69. The number of allylic oxidation sites excluding steroid dienone is 20. The molecule has 2 rings (SSSR count). The number of hydrogen-bond acceptors (Lipinski definition) is 3. The molecule has 2 atom stereocenters. The number of ketones is 2. The minimum absolute atomic E-state index is 0.0540. The summed E-state index contributed by atoms with van der Waals surface area (Å²) in [7, 11) is 0. The van der Waals surface area contributed by atoms with Crippen LogP contribution in [0.3, 0.4) is 0 Å². The molecule has 1 N–H and O–H groups in total. The van der Waals surface area contributed by atoms with Gasteiger partial charge in [-0.15, -0.1) is 0 Å². The lowest BCUT2D eigenvalue weighted by Crippen LogP contribution is -2.48. The van der Waals surface area contributed by atoms with Crippen LogP contribution in [-0.4, -0.2) is 22.3 Å². The molecule has 3 heteroatoms. The van der Waals surface area contributed by atoms with Gasteiger partial charge in [0.25, 0.3) is 0 Å². The van der Waals surface area contributed by atoms with Crippen molar-refractivity contribution in [2.24, 2.45) is 16.7 Å². The van der Waals surface area contributed by atoms with E-state index in [9.17, 15) is 14.7 Å². The van der Waals surface area contributed by atoms with Crippen molar-refractivity contribution in [2.75, 3.05) is 0 Å². The highest BCUT2D eigenvalue weighted by Crippen LogP contribution is 2.44. The lowest BCUT2D eigenvalue weighted by Gasteiger charge is -2.44. The van der Waals surface area contributed by atoms with Crippen LogP contribution in [0, 0.1) is 16.7 Å². The van der Waals surface area contributed by atoms with E-state index < -0.39 is 11.0 Å². The molecule has 2 unspecified atom stereocenters. The van der Waals surface area contributed by atoms with Crippen molar-refractivity contribution in [1.29, 1.82) is 0 Å². The topological polar surface area (TPSA) is 54.4 Å². The molecule has 0 fully saturated rings. The third kappa shape index (κ3) is 10.6. The lowest BCUT2D eigenvalue weighted by atomic mass is 9.64. The Morgan fingerprint density at radius 3 is 1.67 bits per heavy atom. The van der Waals surface area contributed by atoms with Crippen molar-refractivity contribution in [3.05, 3.63) is 131 Å². The van der Waals surface area contributed by atoms with E-state index in [1.54, 1.807) is 12.2 Å². The zero-order valence-electron chi connectivity index (χ0n) is 28.0. The maximum absolute atomic E-state index is 11.9. The second-order valence-corrected chi connectivity index (χ2v) is 13.6. The number of rotatable bonds is 10. The largest absolute Gasteiger partial charge is 0.381 e. The molecule has 0 saturated heterocycles. The molecule has 0 aromatic heterocycles. The average molecular weight is 581 g/mol. The van der Waals surface area contributed by atoms with Gasteiger partial charge in [0.1, 0.15) is 5.60 Å². The van der Waals surface area contributed by atoms with Crippen molar-refractivity contribution in [3.63, 3.8) is 0 Å². The van der Waals surface area contributed by atoms with Crippen LogP contribution in [-0.2, 0) is 9.59 Å². The Balaban J connectivity index is 1.93. The average Bonchev–Trinajstić information content (AvgIpc) is 2.87. The summed E-state index contributed by atoms with van der Waals surface area (Å²) in [6.45, 7) is 20.3. The van der Waals surface area contributed by atoms with E-state index in [0.29, 0.717) is 18.4 Å². The minimum atomic E-state index is -1.14. The van der Waals surface area contributed by atoms with Gasteiger partial charge in [-0.1, -0.05) is 135 Å². The number of carbonyl (C=O) groups is 2. The maximum atomic E-state index is 11.9. The van der Waals surface area contributed by atoms with Crippen molar-refractivity contribution in [1.82, 2.24) is 0 Å². The highest BCUT2D eigenvalue weighted by Gasteiger charge is 2.46. The van der Waals surface area contributed by atoms with Crippen LogP contribution < -0.4 is 0 Å². The van der Waals surface area contributed by atoms with Crippen LogP contribution in [0.1, 0.15) is 82.1 Å². The van der Waals surface area contributed by atoms with Crippen molar-refractivity contribution in [3.8, 4) is 0 Å². The van der Waals surface area contributed by atoms with Gasteiger partial charge in [-0.2, -0.15) is 0 Å². The summed E-state index contributed by atoms with van der Waals surface area (Å²) in [6.07, 6.45) is 32.9. The van der Waals surface area contributed by atoms with Gasteiger partial charge in [-0.05, 0) is 70.8 Å². The number of aliphatic hydroxyl groups is 1. The van der Waals surface area contributed by atoms with Crippen LogP contribution >= 0.6 is 0 Å². The summed E-state index contributed by atoms with van der Waals surface area (Å²) in [5.41, 5.74) is 4.53. The van der Waals surface area contributed by atoms with E-state index in [1.165, 1.54) is 5.57 Å². The second-order valence-electron chi connectivity index (χ2n) is 13.6. The molecule has 3 nitrogen and oxygen atoms in total. The molecule has 0 radical (unpaired) electrons. The third-order valence-electron chi connectivity index (χ3n) is 8.38. The standard InChI is InChI=1S/C40H52O3/c1-29(17-13-19-31(3)21-22-37-33(5)25-35(41)27-38(37,7)8)15-11-12-16-30(2)18-14-20-32(4)23-24-40(43)34(6)26-36(42)28-39(40,9)10/h11-26,37,43H,27-28H2,1-10H3. The van der Waals surface area contributed by atoms with Gasteiger partial charge in [-0.3, -0.25) is 9.59 Å². The van der Waals surface area contributed by atoms with Gasteiger partial charge in [0, 0.05) is 24.2 Å². The zero-order chi connectivity index (χ0) is 32.4. The summed E-state index contributed by atoms with van der Waals surface area (Å²) in [6, 6.07) is 0. The molecule has 0 bridgehead atoms. The van der Waals surface area contributed by atoms with Crippen LogP contribution in [0.4, 0.5) is 0 Å². The Labute approximate surface area is 260 Å². The molecule has 0 aromatic rings. The molecule has 0 saturated carbocycles. The monoisotopic (exact) mass is 580 g/mol. The molecule has 0 amide bonds. The van der Waals surface area contributed by atoms with E-state index in [1.807, 2.05) is 70.2 Å². The SMILES string of the molecule is CC(C=CC=C(C)C=CC1C(C)=CC(=O)CC1(C)C)=CC=CC=C(C)C=CC=C(C)C=CC1(O)C(C)=CC(=O)CC1(C)C. The van der Waals surface area contributed by atoms with E-state index >= 15 is 0 Å². The summed E-state index contributed by atoms with van der Waals surface area (Å²) in [5, 5.41) is 11.3. The molecule has 230 valence electrons. The molecule has 2 aliphatic rings. The first-order valence-electron chi connectivity index (χ1n) is 15.2. The first kappa shape index (κ1) is 35.6. The Bertz CT molecular complexity index is 1400. The fraction of sp³-hybridized carbons (Fsp3) is 0.400. The van der Waals surface area contributed by atoms with Gasteiger partial charge in [0.05, 0.1) is 0 Å². The predicted molar refractivity (Wildman–Crippen MR) is 183 cm³/mol. The number of hydrogen-bond donors (Lipinski definition) is 1. The molecule has 2 aliphatic carbocycles. The van der Waals surface area contributed by atoms with Crippen molar-refractivity contribution < 1.29 is 14.7 Å². The van der Waals surface area contributed by atoms with Gasteiger partial charge < -0.3 is 5.11 Å². The molecule has 0 heterocycles. The molecule has 43 heavy (non-hydrogen) atoms. The van der Waals surface area contributed by atoms with E-state index in [0.717, 1.165) is 22.3 Å². The summed E-state index contributed by atoms with van der Waals surface area (Å²) in [5.74, 6) is 0.562. The van der Waals surface area contributed by atoms with Gasteiger partial charge in [0.15, 0.2) is 11.6 Å². The van der Waals surface area contributed by atoms with Crippen molar-refractivity contribution >= 4 is 11.6 Å². The fourth-order valence-electron chi connectivity index (χ4n) is 5.69. The van der Waals surface area contributed by atoms with Crippen LogP contribution in [0.25, 0.3) is 0 Å². The highest BCUT2D eigenvalue weighted by molar-refractivity contribution is 5.93.